The summed E-state index contributed by atoms with van der Waals surface area (Å²) < 4.78 is 6.05. The highest BCUT2D eigenvalue weighted by Gasteiger charge is 2.37. The summed E-state index contributed by atoms with van der Waals surface area (Å²) in [6.45, 7) is 4.17. The lowest BCUT2D eigenvalue weighted by Gasteiger charge is -2.27. The number of anilines is 1. The predicted molar refractivity (Wildman–Crippen MR) is 145 cm³/mol. The summed E-state index contributed by atoms with van der Waals surface area (Å²) in [5.74, 6) is -0.816. The molecule has 0 unspecified atom stereocenters. The first kappa shape index (κ1) is 24.3. The molecule has 4 amide bonds. The van der Waals surface area contributed by atoms with Gasteiger partial charge in [-0.25, -0.2) is 9.69 Å². The van der Waals surface area contributed by atoms with Gasteiger partial charge in [-0.3, -0.25) is 14.9 Å². The van der Waals surface area contributed by atoms with Crippen LogP contribution in [0.5, 0.6) is 5.75 Å². The molecule has 1 fully saturated rings. The van der Waals surface area contributed by atoms with Gasteiger partial charge in [0.25, 0.3) is 11.8 Å². The number of nitrogens with one attached hydrogen (secondary N) is 1. The summed E-state index contributed by atoms with van der Waals surface area (Å²) in [6, 6.07) is 23.5. The normalized spacial score (nSPS) is 14.8. The molecule has 0 saturated carbocycles. The van der Waals surface area contributed by atoms with Gasteiger partial charge < -0.3 is 4.74 Å². The molecule has 1 saturated heterocycles. The molecule has 7 heteroatoms. The van der Waals surface area contributed by atoms with E-state index in [1.165, 1.54) is 6.08 Å². The first-order valence-electron chi connectivity index (χ1n) is 11.7. The molecule has 37 heavy (non-hydrogen) atoms. The van der Waals surface area contributed by atoms with E-state index in [-0.39, 0.29) is 5.57 Å². The Morgan fingerprint density at radius 1 is 0.892 bits per heavy atom. The summed E-state index contributed by atoms with van der Waals surface area (Å²) in [7, 11) is 0. The molecule has 0 atom stereocenters. The van der Waals surface area contributed by atoms with Crippen molar-refractivity contribution in [1.82, 2.24) is 5.32 Å². The summed E-state index contributed by atoms with van der Waals surface area (Å²) in [5.41, 5.74) is 3.61. The number of hydrogen-bond donors (Lipinski definition) is 1. The molecule has 0 radical (unpaired) electrons. The minimum Gasteiger partial charge on any atom is -0.489 e. The van der Waals surface area contributed by atoms with E-state index < -0.39 is 17.8 Å². The smallest absolute Gasteiger partial charge is 0.335 e. The van der Waals surface area contributed by atoms with Crippen molar-refractivity contribution in [1.29, 1.82) is 0 Å². The highest BCUT2D eigenvalue weighted by Crippen LogP contribution is 2.30. The van der Waals surface area contributed by atoms with Crippen molar-refractivity contribution in [3.05, 3.63) is 112 Å². The minimum absolute atomic E-state index is 0.154. The van der Waals surface area contributed by atoms with Crippen LogP contribution >= 0.6 is 11.6 Å². The Morgan fingerprint density at radius 3 is 2.43 bits per heavy atom. The third-order valence-electron chi connectivity index (χ3n) is 6.43. The second-order valence-corrected chi connectivity index (χ2v) is 9.19. The van der Waals surface area contributed by atoms with E-state index in [1.807, 2.05) is 12.1 Å². The van der Waals surface area contributed by atoms with Crippen molar-refractivity contribution in [3.8, 4) is 5.75 Å². The van der Waals surface area contributed by atoms with Crippen LogP contribution in [-0.4, -0.2) is 17.8 Å². The number of nitrogens with zero attached hydrogens (tertiary/aromatic N) is 1. The van der Waals surface area contributed by atoms with Crippen LogP contribution in [0.3, 0.4) is 0 Å². The van der Waals surface area contributed by atoms with Gasteiger partial charge in [-0.15, -0.1) is 0 Å². The van der Waals surface area contributed by atoms with E-state index in [1.54, 1.807) is 49.4 Å². The average Bonchev–Trinajstić information content (AvgIpc) is 2.89. The molecule has 1 heterocycles. The molecule has 6 nitrogen and oxygen atoms in total. The Bertz CT molecular complexity index is 1590. The third-order valence-corrected chi connectivity index (χ3v) is 6.84. The maximum Gasteiger partial charge on any atom is 0.335 e. The van der Waals surface area contributed by atoms with Gasteiger partial charge in [-0.2, -0.15) is 0 Å². The van der Waals surface area contributed by atoms with Crippen LogP contribution in [-0.2, 0) is 16.2 Å². The van der Waals surface area contributed by atoms with Crippen LogP contribution in [0.2, 0.25) is 5.02 Å². The Morgan fingerprint density at radius 2 is 1.65 bits per heavy atom. The number of barbiturate groups is 1. The second-order valence-electron chi connectivity index (χ2n) is 8.78. The van der Waals surface area contributed by atoms with Crippen LogP contribution in [0, 0.1) is 13.8 Å². The Labute approximate surface area is 219 Å². The molecular weight excluding hydrogens is 488 g/mol. The molecule has 184 valence electrons. The van der Waals surface area contributed by atoms with Crippen molar-refractivity contribution in [3.63, 3.8) is 0 Å². The fourth-order valence-corrected chi connectivity index (χ4v) is 4.50. The number of imide groups is 2. The van der Waals surface area contributed by atoms with Crippen molar-refractivity contribution in [2.24, 2.45) is 0 Å². The lowest BCUT2D eigenvalue weighted by Crippen LogP contribution is -2.54. The van der Waals surface area contributed by atoms with Crippen molar-refractivity contribution >= 4 is 52.0 Å². The Hall–Kier alpha value is -4.42. The van der Waals surface area contributed by atoms with Crippen LogP contribution in [0.1, 0.15) is 22.3 Å². The highest BCUT2D eigenvalue weighted by atomic mass is 35.5. The fourth-order valence-electron chi connectivity index (χ4n) is 4.33. The molecule has 5 rings (SSSR count). The van der Waals surface area contributed by atoms with Gasteiger partial charge in [0.15, 0.2) is 0 Å². The van der Waals surface area contributed by atoms with Crippen LogP contribution in [0.15, 0.2) is 84.4 Å². The molecule has 0 spiro atoms. The lowest BCUT2D eigenvalue weighted by atomic mass is 10.0. The van der Waals surface area contributed by atoms with Crippen LogP contribution < -0.4 is 15.0 Å². The molecule has 1 aliphatic heterocycles. The van der Waals surface area contributed by atoms with Crippen LogP contribution in [0.25, 0.3) is 16.8 Å². The van der Waals surface area contributed by atoms with E-state index in [9.17, 15) is 14.4 Å². The summed E-state index contributed by atoms with van der Waals surface area (Å²) in [5, 5.41) is 4.96. The topological polar surface area (TPSA) is 75.7 Å². The first-order valence-corrected chi connectivity index (χ1v) is 12.1. The SMILES string of the molecule is Cc1ccc2ccccc2c1COc1ccc(/C=C2\C(=O)NC(=O)N(c3cccc(Cl)c3C)C2=O)cc1. The molecule has 1 aliphatic rings. The molecular formula is C30H23ClN2O4. The number of fused-ring (bicyclic) bond motifs is 1. The summed E-state index contributed by atoms with van der Waals surface area (Å²) in [6.07, 6.45) is 1.45. The zero-order valence-corrected chi connectivity index (χ0v) is 21.0. The lowest BCUT2D eigenvalue weighted by molar-refractivity contribution is -0.122. The van der Waals surface area contributed by atoms with E-state index in [4.69, 9.17) is 16.3 Å². The Kier molecular flexibility index (Phi) is 6.51. The van der Waals surface area contributed by atoms with Crippen LogP contribution in [0.4, 0.5) is 10.5 Å². The van der Waals surface area contributed by atoms with Crippen molar-refractivity contribution in [2.75, 3.05) is 4.90 Å². The number of carbonyl (C=O) groups is 3. The van der Waals surface area contributed by atoms with Gasteiger partial charge in [0.2, 0.25) is 0 Å². The highest BCUT2D eigenvalue weighted by molar-refractivity contribution is 6.39. The number of rotatable bonds is 5. The number of ether oxygens (including phenoxy) is 1. The number of aryl methyl sites for hydroxylation is 1. The molecule has 0 aromatic heterocycles. The van der Waals surface area contributed by atoms with Gasteiger partial charge in [-0.1, -0.05) is 66.2 Å². The number of carbonyl (C=O) groups excluding carboxylic acids is 3. The monoisotopic (exact) mass is 510 g/mol. The van der Waals surface area contributed by atoms with Gasteiger partial charge in [0.05, 0.1) is 5.69 Å². The maximum absolute atomic E-state index is 13.2. The first-order chi connectivity index (χ1) is 17.8. The number of halogens is 1. The number of urea groups is 1. The standard InChI is InChI=1S/C30H23ClN2O4/c1-18-10-13-21-6-3-4-7-23(21)25(18)17-37-22-14-11-20(12-15-22)16-24-28(34)32-30(36)33(29(24)35)27-9-5-8-26(31)19(27)2/h3-16H,17H2,1-2H3,(H,32,34,36)/b24-16+. The molecule has 0 bridgehead atoms. The van der Waals surface area contributed by atoms with Crippen molar-refractivity contribution in [2.45, 2.75) is 20.5 Å². The fraction of sp³-hybridized carbons (Fsp3) is 0.100. The second kappa shape index (κ2) is 9.91. The largest absolute Gasteiger partial charge is 0.489 e. The number of hydrogen-bond acceptors (Lipinski definition) is 4. The van der Waals surface area contributed by atoms with E-state index in [0.717, 1.165) is 26.8 Å². The molecule has 0 aliphatic carbocycles. The molecule has 1 N–H and O–H groups in total. The number of amides is 4. The summed E-state index contributed by atoms with van der Waals surface area (Å²) in [4.78, 5) is 39.1. The van der Waals surface area contributed by atoms with Gasteiger partial charge in [0.1, 0.15) is 17.9 Å². The van der Waals surface area contributed by atoms with Gasteiger partial charge in [0, 0.05) is 10.6 Å². The minimum atomic E-state index is -0.815. The quantitative estimate of drug-likeness (QED) is 0.250. The number of benzene rings is 4. The maximum atomic E-state index is 13.2. The predicted octanol–water partition coefficient (Wildman–Crippen LogP) is 6.36. The van der Waals surface area contributed by atoms with Gasteiger partial charge >= 0.3 is 6.03 Å². The Balaban J connectivity index is 1.37. The van der Waals surface area contributed by atoms with E-state index in [2.05, 4.69) is 36.5 Å². The van der Waals surface area contributed by atoms with E-state index in [0.29, 0.717) is 34.2 Å². The zero-order valence-electron chi connectivity index (χ0n) is 20.2. The average molecular weight is 511 g/mol. The van der Waals surface area contributed by atoms with Crippen molar-refractivity contribution < 1.29 is 19.1 Å². The summed E-state index contributed by atoms with van der Waals surface area (Å²) >= 11 is 6.18. The third kappa shape index (κ3) is 4.71. The zero-order chi connectivity index (χ0) is 26.1. The van der Waals surface area contributed by atoms with E-state index >= 15 is 0 Å². The molecule has 4 aromatic rings. The molecule has 4 aromatic carbocycles. The van der Waals surface area contributed by atoms with Gasteiger partial charge in [-0.05, 0) is 71.7 Å².